The molecule has 0 unspecified atom stereocenters. The number of aromatic nitrogens is 1. The maximum atomic E-state index is 5.42. The van der Waals surface area contributed by atoms with Crippen molar-refractivity contribution in [2.45, 2.75) is 0 Å². The molecule has 0 saturated carbocycles. The fourth-order valence-corrected chi connectivity index (χ4v) is 2.27. The standard InChI is InChI=1S/C16H14NO2/c1-18-14-4-3-5-15(19-2)16(14)12-6-7-13-11(10-12)8-9-17-13/h4-10,17H,1-2H3. The van der Waals surface area contributed by atoms with Crippen LogP contribution in [0.15, 0.2) is 42.6 Å². The number of fused-ring (bicyclic) bond motifs is 1. The van der Waals surface area contributed by atoms with Crippen molar-refractivity contribution in [1.82, 2.24) is 4.98 Å². The monoisotopic (exact) mass is 252 g/mol. The molecule has 95 valence electrons. The highest BCUT2D eigenvalue weighted by Crippen LogP contribution is 2.38. The van der Waals surface area contributed by atoms with E-state index in [-0.39, 0.29) is 0 Å². The van der Waals surface area contributed by atoms with E-state index < -0.39 is 0 Å². The minimum atomic E-state index is 0.759. The lowest BCUT2D eigenvalue weighted by Crippen LogP contribution is -1.92. The second-order valence-electron chi connectivity index (χ2n) is 4.25. The highest BCUT2D eigenvalue weighted by molar-refractivity contribution is 5.88. The third-order valence-corrected chi connectivity index (χ3v) is 3.20. The molecule has 0 spiro atoms. The molecule has 3 nitrogen and oxygen atoms in total. The van der Waals surface area contributed by atoms with Crippen molar-refractivity contribution < 1.29 is 9.47 Å². The third-order valence-electron chi connectivity index (χ3n) is 3.20. The Bertz CT molecular complexity index is 693. The molecule has 0 aliphatic carbocycles. The van der Waals surface area contributed by atoms with Crippen molar-refractivity contribution in [2.24, 2.45) is 0 Å². The summed E-state index contributed by atoms with van der Waals surface area (Å²) in [6, 6.07) is 14.9. The molecule has 0 atom stereocenters. The summed E-state index contributed by atoms with van der Waals surface area (Å²) in [5, 5.41) is 1.16. The van der Waals surface area contributed by atoms with Gasteiger partial charge in [0, 0.05) is 11.7 Å². The van der Waals surface area contributed by atoms with Gasteiger partial charge in [0.25, 0.3) is 0 Å². The molecule has 0 fully saturated rings. The Morgan fingerprint density at radius 1 is 1.00 bits per heavy atom. The van der Waals surface area contributed by atoms with Gasteiger partial charge < -0.3 is 14.5 Å². The lowest BCUT2D eigenvalue weighted by Gasteiger charge is -2.13. The second-order valence-corrected chi connectivity index (χ2v) is 4.25. The van der Waals surface area contributed by atoms with Gasteiger partial charge in [-0.05, 0) is 47.3 Å². The summed E-state index contributed by atoms with van der Waals surface area (Å²) in [4.78, 5) is 3.19. The van der Waals surface area contributed by atoms with E-state index in [2.05, 4.69) is 29.2 Å². The quantitative estimate of drug-likeness (QED) is 0.772. The average molecular weight is 252 g/mol. The van der Waals surface area contributed by atoms with Gasteiger partial charge in [-0.3, -0.25) is 0 Å². The molecule has 0 aliphatic heterocycles. The Kier molecular flexibility index (Phi) is 2.88. The summed E-state index contributed by atoms with van der Waals surface area (Å²) >= 11 is 0. The number of benzene rings is 2. The molecule has 1 radical (unpaired) electrons. The first-order valence-corrected chi connectivity index (χ1v) is 6.03. The van der Waals surface area contributed by atoms with Gasteiger partial charge in [-0.25, -0.2) is 0 Å². The summed E-state index contributed by atoms with van der Waals surface area (Å²) in [7, 11) is 3.31. The summed E-state index contributed by atoms with van der Waals surface area (Å²) in [5.74, 6) is 1.52. The second kappa shape index (κ2) is 4.69. The average Bonchev–Trinajstić information content (AvgIpc) is 2.93. The molecule has 3 aromatic rings. The Morgan fingerprint density at radius 2 is 1.74 bits per heavy atom. The summed E-state index contributed by atoms with van der Waals surface area (Å²) in [6.45, 7) is 0. The molecular weight excluding hydrogens is 238 g/mol. The van der Waals surface area contributed by atoms with Crippen molar-refractivity contribution in [2.75, 3.05) is 14.2 Å². The van der Waals surface area contributed by atoms with Crippen LogP contribution in [-0.2, 0) is 0 Å². The van der Waals surface area contributed by atoms with Crippen molar-refractivity contribution in [1.29, 1.82) is 0 Å². The van der Waals surface area contributed by atoms with E-state index in [1.54, 1.807) is 14.2 Å². The van der Waals surface area contributed by atoms with E-state index >= 15 is 0 Å². The number of nitrogens with one attached hydrogen (secondary N) is 1. The lowest BCUT2D eigenvalue weighted by atomic mass is 10.0. The number of hydrogen-bond donors (Lipinski definition) is 1. The van der Waals surface area contributed by atoms with Crippen LogP contribution in [0.4, 0.5) is 0 Å². The molecule has 2 aromatic carbocycles. The molecule has 3 heteroatoms. The van der Waals surface area contributed by atoms with Crippen LogP contribution in [0.5, 0.6) is 11.5 Å². The van der Waals surface area contributed by atoms with Crippen LogP contribution >= 0.6 is 0 Å². The first kappa shape index (κ1) is 11.7. The number of hydrogen-bond acceptors (Lipinski definition) is 2. The zero-order valence-electron chi connectivity index (χ0n) is 10.9. The lowest BCUT2D eigenvalue weighted by molar-refractivity contribution is 0.397. The summed E-state index contributed by atoms with van der Waals surface area (Å²) in [6.07, 6.45) is 1.93. The van der Waals surface area contributed by atoms with Crippen LogP contribution in [0.1, 0.15) is 0 Å². The smallest absolute Gasteiger partial charge is 0.131 e. The van der Waals surface area contributed by atoms with E-state index in [1.807, 2.05) is 24.4 Å². The topological polar surface area (TPSA) is 34.2 Å². The van der Waals surface area contributed by atoms with Crippen LogP contribution < -0.4 is 9.47 Å². The van der Waals surface area contributed by atoms with Gasteiger partial charge in [-0.1, -0.05) is 6.07 Å². The zero-order valence-corrected chi connectivity index (χ0v) is 10.9. The molecule has 19 heavy (non-hydrogen) atoms. The molecule has 3 rings (SSSR count). The maximum Gasteiger partial charge on any atom is 0.131 e. The first-order valence-electron chi connectivity index (χ1n) is 6.03. The number of rotatable bonds is 3. The van der Waals surface area contributed by atoms with Crippen molar-refractivity contribution >= 4 is 10.9 Å². The van der Waals surface area contributed by atoms with Crippen LogP contribution in [-0.4, -0.2) is 19.2 Å². The van der Waals surface area contributed by atoms with Gasteiger partial charge in [0.15, 0.2) is 0 Å². The van der Waals surface area contributed by atoms with Crippen molar-refractivity contribution in [3.05, 3.63) is 48.7 Å². The zero-order chi connectivity index (χ0) is 13.2. The van der Waals surface area contributed by atoms with Crippen LogP contribution in [0.2, 0.25) is 0 Å². The molecule has 0 aliphatic rings. The number of H-pyrrole nitrogens is 1. The fraction of sp³-hybridized carbons (Fsp3) is 0.125. The number of methoxy groups -OCH3 is 2. The van der Waals surface area contributed by atoms with Gasteiger partial charge in [-0.15, -0.1) is 0 Å². The van der Waals surface area contributed by atoms with Crippen LogP contribution in [0.25, 0.3) is 22.0 Å². The van der Waals surface area contributed by atoms with Gasteiger partial charge in [0.1, 0.15) is 11.5 Å². The molecule has 1 heterocycles. The highest BCUT2D eigenvalue weighted by atomic mass is 16.5. The molecular formula is C16H14NO2. The van der Waals surface area contributed by atoms with E-state index in [4.69, 9.17) is 9.47 Å². The largest absolute Gasteiger partial charge is 0.496 e. The van der Waals surface area contributed by atoms with Crippen LogP contribution in [0.3, 0.4) is 0 Å². The molecule has 0 amide bonds. The predicted octanol–water partition coefficient (Wildman–Crippen LogP) is 3.65. The Hall–Kier alpha value is -2.42. The number of ether oxygens (including phenoxy) is 2. The van der Waals surface area contributed by atoms with Gasteiger partial charge >= 0.3 is 0 Å². The molecule has 1 aromatic heterocycles. The Labute approximate surface area is 111 Å². The minimum Gasteiger partial charge on any atom is -0.496 e. The maximum absolute atomic E-state index is 5.42. The van der Waals surface area contributed by atoms with E-state index in [1.165, 1.54) is 0 Å². The SMILES string of the molecule is COc1c[c]cc(OC)c1-c1ccc2[nH]ccc2c1. The normalized spacial score (nSPS) is 10.6. The van der Waals surface area contributed by atoms with E-state index in [9.17, 15) is 0 Å². The molecule has 1 N–H and O–H groups in total. The van der Waals surface area contributed by atoms with E-state index in [0.29, 0.717) is 0 Å². The molecule has 0 saturated heterocycles. The fourth-order valence-electron chi connectivity index (χ4n) is 2.27. The number of aromatic amines is 1. The predicted molar refractivity (Wildman–Crippen MR) is 75.7 cm³/mol. The Balaban J connectivity index is 2.24. The minimum absolute atomic E-state index is 0.759. The molecule has 0 bridgehead atoms. The Morgan fingerprint density at radius 3 is 2.42 bits per heavy atom. The highest BCUT2D eigenvalue weighted by Gasteiger charge is 2.12. The van der Waals surface area contributed by atoms with Crippen LogP contribution in [0, 0.1) is 6.07 Å². The van der Waals surface area contributed by atoms with Crippen molar-refractivity contribution in [3.8, 4) is 22.6 Å². The summed E-state index contributed by atoms with van der Waals surface area (Å²) in [5.41, 5.74) is 3.13. The summed E-state index contributed by atoms with van der Waals surface area (Å²) < 4.78 is 10.8. The van der Waals surface area contributed by atoms with Gasteiger partial charge in [-0.2, -0.15) is 0 Å². The van der Waals surface area contributed by atoms with Gasteiger partial charge in [0.2, 0.25) is 0 Å². The third kappa shape index (κ3) is 1.93. The first-order chi connectivity index (χ1) is 9.33. The van der Waals surface area contributed by atoms with Gasteiger partial charge in [0.05, 0.1) is 19.8 Å². The van der Waals surface area contributed by atoms with Crippen molar-refractivity contribution in [3.63, 3.8) is 0 Å². The van der Waals surface area contributed by atoms with E-state index in [0.717, 1.165) is 33.5 Å².